The van der Waals surface area contributed by atoms with Crippen molar-refractivity contribution in [3.8, 4) is 51.6 Å². The van der Waals surface area contributed by atoms with E-state index in [-0.39, 0.29) is 21.1 Å². The summed E-state index contributed by atoms with van der Waals surface area (Å²) in [7, 11) is -5.48. The number of benzene rings is 10. The first-order valence-electron chi connectivity index (χ1n) is 32.7. The number of thiazole rings is 2. The summed E-state index contributed by atoms with van der Waals surface area (Å²) in [6.45, 7) is 9.09. The molecule has 0 spiro atoms. The molecule has 0 bridgehead atoms. The topological polar surface area (TPSA) is 209 Å². The van der Waals surface area contributed by atoms with Crippen LogP contribution >= 0.6 is 22.7 Å². The third-order valence-electron chi connectivity index (χ3n) is 17.9. The first kappa shape index (κ1) is 67.8. The lowest BCUT2D eigenvalue weighted by molar-refractivity contribution is 0.311. The van der Waals surface area contributed by atoms with Gasteiger partial charge in [-0.25, -0.2) is 14.8 Å². The number of hydrogen-bond acceptors (Lipinski definition) is 13. The van der Waals surface area contributed by atoms with Crippen LogP contribution < -0.4 is 51.5 Å². The van der Waals surface area contributed by atoms with Crippen molar-refractivity contribution in [2.45, 2.75) is 35.5 Å². The summed E-state index contributed by atoms with van der Waals surface area (Å²) in [4.78, 5) is 15.0. The van der Waals surface area contributed by atoms with Gasteiger partial charge in [0.05, 0.1) is 69.6 Å². The third kappa shape index (κ3) is 14.0. The predicted octanol–water partition coefficient (Wildman–Crippen LogP) is 12.6. The van der Waals surface area contributed by atoms with E-state index < -0.39 is 33.9 Å². The standard InChI is InChI=1S/C80H62B2N6O10S4/c1-84-74(80-86-69-51-64(96-3)41-47-71(69)100-80)78-73-72(75(88(78)82(59-24-12-6-13-25-59)60-26-14-7-15-27-60)55-32-36-61(37-33-55)97-48-16-18-53-28-42-65(43-29-53)101(89,90)91)77(67(52-83)79-85-68-50-63(95-2)40-46-70(68)99-79)87(81(57-20-8-4-9-21-57)58-22-10-5-11-23-58)76(73)56-34-38-62(39-35-56)98-49-17-19-54-30-44-66(45-31-54)102(92,93)94/h4-15,20-47,50-51H,16-19,48-49H2,2-3H3,(H,89,90,91)(H,92,93,94)/b77-67-,78-74+. The van der Waals surface area contributed by atoms with Gasteiger partial charge in [-0.1, -0.05) is 167 Å². The Balaban J connectivity index is 1.11. The highest BCUT2D eigenvalue weighted by atomic mass is 32.2. The minimum absolute atomic E-state index is 0.178. The van der Waals surface area contributed by atoms with Crippen molar-refractivity contribution in [1.29, 1.82) is 5.26 Å². The molecule has 16 nitrogen and oxygen atoms in total. The number of fused-ring (bicyclic) bond motifs is 3. The molecule has 14 rings (SSSR count). The summed E-state index contributed by atoms with van der Waals surface area (Å²) >= 11 is 2.80. The van der Waals surface area contributed by atoms with Gasteiger partial charge in [0, 0.05) is 39.6 Å². The number of rotatable bonds is 24. The minimum atomic E-state index is -4.35. The number of hydrogen-bond donors (Lipinski definition) is 2. The first-order chi connectivity index (χ1) is 49.7. The summed E-state index contributed by atoms with van der Waals surface area (Å²) in [5, 5.41) is 15.8. The van der Waals surface area contributed by atoms with Crippen molar-refractivity contribution < 1.29 is 44.9 Å². The van der Waals surface area contributed by atoms with Crippen LogP contribution in [0.5, 0.6) is 23.0 Å². The molecular formula is C80H62B2N6O10S4. The van der Waals surface area contributed by atoms with Gasteiger partial charge >= 0.3 is 13.7 Å². The first-order valence-corrected chi connectivity index (χ1v) is 37.2. The highest BCUT2D eigenvalue weighted by Crippen LogP contribution is 2.40. The van der Waals surface area contributed by atoms with Crippen LogP contribution in [0.3, 0.4) is 0 Å². The Morgan fingerprint density at radius 1 is 0.490 bits per heavy atom. The largest absolute Gasteiger partial charge is 0.497 e. The number of ether oxygens (including phenoxy) is 4. The van der Waals surface area contributed by atoms with Crippen molar-refractivity contribution in [2.75, 3.05) is 27.4 Å². The number of methoxy groups -OCH3 is 2. The second-order valence-electron chi connectivity index (χ2n) is 24.2. The maximum absolute atomic E-state index is 12.6. The molecule has 0 aliphatic carbocycles. The van der Waals surface area contributed by atoms with E-state index in [1.807, 2.05) is 158 Å². The molecule has 0 atom stereocenters. The zero-order valence-corrected chi connectivity index (χ0v) is 58.4. The molecule has 14 aromatic rings. The van der Waals surface area contributed by atoms with Gasteiger partial charge < -0.3 is 27.9 Å². The highest BCUT2D eigenvalue weighted by Gasteiger charge is 2.38. The van der Waals surface area contributed by atoms with Crippen LogP contribution in [0.15, 0.2) is 265 Å². The van der Waals surface area contributed by atoms with E-state index in [0.29, 0.717) is 116 Å². The van der Waals surface area contributed by atoms with Crippen LogP contribution in [0.1, 0.15) is 34.0 Å². The maximum atomic E-state index is 12.6. The van der Waals surface area contributed by atoms with Crippen molar-refractivity contribution >= 4 is 121 Å². The molecule has 4 aromatic heterocycles. The van der Waals surface area contributed by atoms with E-state index in [0.717, 1.165) is 53.5 Å². The number of nitriles is 1. The Bertz CT molecular complexity index is 5430. The van der Waals surface area contributed by atoms with Crippen LogP contribution in [-0.4, -0.2) is 86.0 Å². The van der Waals surface area contributed by atoms with Crippen LogP contribution in [0.25, 0.3) is 69.8 Å². The van der Waals surface area contributed by atoms with Crippen LogP contribution in [0, 0.1) is 17.9 Å². The van der Waals surface area contributed by atoms with E-state index in [1.165, 1.54) is 46.9 Å². The van der Waals surface area contributed by atoms with Gasteiger partial charge in [-0.3, -0.25) is 9.11 Å². The average Bonchev–Trinajstić information content (AvgIpc) is 1.52. The van der Waals surface area contributed by atoms with Crippen LogP contribution in [0.2, 0.25) is 0 Å². The smallest absolute Gasteiger partial charge is 0.328 e. The van der Waals surface area contributed by atoms with Gasteiger partial charge in [0.1, 0.15) is 44.7 Å². The van der Waals surface area contributed by atoms with Crippen molar-refractivity contribution in [3.63, 3.8) is 0 Å². The van der Waals surface area contributed by atoms with Crippen molar-refractivity contribution in [2.24, 2.45) is 0 Å². The highest BCUT2D eigenvalue weighted by molar-refractivity contribution is 7.86. The van der Waals surface area contributed by atoms with Gasteiger partial charge in [-0.05, 0) is 145 Å². The Morgan fingerprint density at radius 3 is 1.23 bits per heavy atom. The molecule has 502 valence electrons. The fourth-order valence-corrected chi connectivity index (χ4v) is 16.0. The SMILES string of the molecule is [C-]#[N+]/C(c1nc2cc(OC)ccc2s1)=c1\c2c(-c3ccc(OCCCc4ccc(S(=O)(=O)O)cc4)cc3)n(B(c3ccccc3)c3ccccc3)/c(=C(/C#N)c3nc4cc(OC)ccc4s3)c2c(-c2ccc(OCCCc3ccc(S(=O)(=O)O)cc3)cc2)n1B(c1ccccc1)c1ccccc1. The molecule has 22 heteroatoms. The minimum Gasteiger partial charge on any atom is -0.497 e. The van der Waals surface area contributed by atoms with Gasteiger partial charge in [-0.15, -0.1) is 22.7 Å². The van der Waals surface area contributed by atoms with Crippen molar-refractivity contribution in [1.82, 2.24) is 18.9 Å². The Kier molecular flexibility index (Phi) is 19.6. The van der Waals surface area contributed by atoms with E-state index >= 15 is 0 Å². The summed E-state index contributed by atoms with van der Waals surface area (Å²) in [5.41, 5.74) is 9.92. The van der Waals surface area contributed by atoms with Gasteiger partial charge in [0.2, 0.25) is 5.70 Å². The van der Waals surface area contributed by atoms with Gasteiger partial charge in [-0.2, -0.15) is 22.1 Å². The molecule has 0 aliphatic heterocycles. The zero-order valence-electron chi connectivity index (χ0n) is 55.1. The molecule has 2 N–H and O–H groups in total. The molecule has 0 saturated carbocycles. The summed E-state index contributed by atoms with van der Waals surface area (Å²) in [5.74, 6) is 2.37. The van der Waals surface area contributed by atoms with E-state index in [4.69, 9.17) is 28.9 Å². The fourth-order valence-electron chi connectivity index (χ4n) is 13.2. The predicted molar refractivity (Wildman–Crippen MR) is 406 cm³/mol. The lowest BCUT2D eigenvalue weighted by atomic mass is 9.50. The lowest BCUT2D eigenvalue weighted by Crippen LogP contribution is -2.54. The monoisotopic (exact) mass is 1420 g/mol. The molecule has 0 amide bonds. The fraction of sp³-hybridized carbons (Fsp3) is 0.100. The van der Waals surface area contributed by atoms with E-state index in [9.17, 15) is 37.8 Å². The number of nitrogens with zero attached hydrogens (tertiary/aromatic N) is 6. The molecule has 0 aliphatic rings. The molecule has 0 unspecified atom stereocenters. The van der Waals surface area contributed by atoms with E-state index in [1.54, 1.807) is 38.5 Å². The lowest BCUT2D eigenvalue weighted by Gasteiger charge is -2.24. The molecule has 10 aromatic carbocycles. The summed E-state index contributed by atoms with van der Waals surface area (Å²) in [6, 6.07) is 83.2. The quantitative estimate of drug-likeness (QED) is 0.0250. The average molecular weight is 1420 g/mol. The van der Waals surface area contributed by atoms with Crippen LogP contribution in [0.4, 0.5) is 0 Å². The Labute approximate surface area is 598 Å². The van der Waals surface area contributed by atoms with Gasteiger partial charge in [0.15, 0.2) is 0 Å². The number of aromatic nitrogens is 4. The maximum Gasteiger partial charge on any atom is 0.328 e. The molecule has 0 radical (unpaired) electrons. The molecule has 102 heavy (non-hydrogen) atoms. The number of aryl methyl sites for hydroxylation is 2. The van der Waals surface area contributed by atoms with E-state index in [2.05, 4.69) is 68.4 Å². The van der Waals surface area contributed by atoms with Crippen molar-refractivity contribution in [3.05, 3.63) is 298 Å². The second kappa shape index (κ2) is 29.5. The molecule has 0 fully saturated rings. The molecule has 0 saturated heterocycles. The zero-order chi connectivity index (χ0) is 70.5. The van der Waals surface area contributed by atoms with Crippen LogP contribution in [-0.2, 0) is 33.1 Å². The van der Waals surface area contributed by atoms with Gasteiger partial charge in [0.25, 0.3) is 20.2 Å². The third-order valence-corrected chi connectivity index (χ3v) is 21.7. The normalized spacial score (nSPS) is 12.2. The second-order valence-corrected chi connectivity index (χ2v) is 29.1. The Morgan fingerprint density at radius 2 is 0.853 bits per heavy atom. The Hall–Kier alpha value is -11.3. The molecule has 4 heterocycles. The molecular weight excluding hydrogens is 1350 g/mol. The summed E-state index contributed by atoms with van der Waals surface area (Å²) in [6.07, 6.45) is 2.33. The summed E-state index contributed by atoms with van der Waals surface area (Å²) < 4.78 is 97.3.